The van der Waals surface area contributed by atoms with E-state index in [9.17, 15) is 9.50 Å². The minimum Gasteiger partial charge on any atom is -0.384 e. The molecule has 1 atom stereocenters. The van der Waals surface area contributed by atoms with Crippen molar-refractivity contribution in [2.45, 2.75) is 18.9 Å². The van der Waals surface area contributed by atoms with E-state index >= 15 is 0 Å². The van der Waals surface area contributed by atoms with Crippen molar-refractivity contribution >= 4 is 33.0 Å². The summed E-state index contributed by atoms with van der Waals surface area (Å²) in [5, 5.41) is 11.9. The summed E-state index contributed by atoms with van der Waals surface area (Å²) < 4.78 is 15.1. The Hall–Kier alpha value is -1.42. The normalized spacial score (nSPS) is 14.3. The van der Waals surface area contributed by atoms with Crippen molar-refractivity contribution in [2.75, 3.05) is 0 Å². The van der Waals surface area contributed by atoms with Gasteiger partial charge in [0.15, 0.2) is 0 Å². The molecule has 1 heterocycles. The van der Waals surface area contributed by atoms with Crippen LogP contribution in [0, 0.1) is 5.82 Å². The zero-order valence-corrected chi connectivity index (χ0v) is 13.0. The summed E-state index contributed by atoms with van der Waals surface area (Å²) in [4.78, 5) is 0.822. The monoisotopic (exact) mass is 320 g/mol. The smallest absolute Gasteiger partial charge is 0.145 e. The molecule has 0 aliphatic rings. The Labute approximate surface area is 131 Å². The highest BCUT2D eigenvalue weighted by Crippen LogP contribution is 2.36. The van der Waals surface area contributed by atoms with E-state index < -0.39 is 11.4 Å². The highest BCUT2D eigenvalue weighted by Gasteiger charge is 2.27. The topological polar surface area (TPSA) is 20.2 Å². The number of aliphatic hydroxyl groups is 1. The van der Waals surface area contributed by atoms with Gasteiger partial charge >= 0.3 is 0 Å². The number of benzene rings is 2. The van der Waals surface area contributed by atoms with Gasteiger partial charge in [-0.05, 0) is 36.1 Å². The van der Waals surface area contributed by atoms with Crippen LogP contribution in [0.15, 0.2) is 48.5 Å². The molecule has 1 aromatic heterocycles. The fourth-order valence-electron chi connectivity index (χ4n) is 2.39. The van der Waals surface area contributed by atoms with E-state index in [0.717, 1.165) is 15.0 Å². The lowest BCUT2D eigenvalue weighted by molar-refractivity contribution is 0.0606. The molecule has 3 aromatic rings. The lowest BCUT2D eigenvalue weighted by Gasteiger charge is -2.22. The average Bonchev–Trinajstić information content (AvgIpc) is 2.88. The standard InChI is InChI=1S/C17H14ClFOS/c1-17(20,10-12-6-4-7-13(18)16(12)19)15-9-11-5-2-3-8-14(11)21-15/h2-9,20H,10H2,1H3. The van der Waals surface area contributed by atoms with Crippen LogP contribution in [0.25, 0.3) is 10.1 Å². The van der Waals surface area contributed by atoms with Crippen LogP contribution in [0.5, 0.6) is 0 Å². The summed E-state index contributed by atoms with van der Waals surface area (Å²) in [6, 6.07) is 14.8. The molecule has 4 heteroatoms. The van der Waals surface area contributed by atoms with E-state index in [1.165, 1.54) is 17.4 Å². The molecule has 0 fully saturated rings. The summed E-state index contributed by atoms with van der Waals surface area (Å²) in [6.45, 7) is 1.71. The molecule has 1 unspecified atom stereocenters. The van der Waals surface area contributed by atoms with Crippen molar-refractivity contribution in [3.63, 3.8) is 0 Å². The van der Waals surface area contributed by atoms with Crippen LogP contribution in [0.1, 0.15) is 17.4 Å². The van der Waals surface area contributed by atoms with Crippen LogP contribution in [0.2, 0.25) is 5.02 Å². The Morgan fingerprint density at radius 2 is 1.95 bits per heavy atom. The van der Waals surface area contributed by atoms with E-state index in [1.807, 2.05) is 30.3 Å². The van der Waals surface area contributed by atoms with Gasteiger partial charge in [0.05, 0.1) is 5.02 Å². The molecule has 0 aliphatic carbocycles. The third-order valence-corrected chi connectivity index (χ3v) is 5.18. The summed E-state index contributed by atoms with van der Waals surface area (Å²) in [6.07, 6.45) is 0.187. The van der Waals surface area contributed by atoms with Crippen molar-refractivity contribution in [1.29, 1.82) is 0 Å². The first-order chi connectivity index (χ1) is 9.97. The highest BCUT2D eigenvalue weighted by atomic mass is 35.5. The van der Waals surface area contributed by atoms with Gasteiger partial charge < -0.3 is 5.11 Å². The van der Waals surface area contributed by atoms with Crippen molar-refractivity contribution < 1.29 is 9.50 Å². The molecule has 21 heavy (non-hydrogen) atoms. The zero-order valence-electron chi connectivity index (χ0n) is 11.4. The van der Waals surface area contributed by atoms with E-state index in [0.29, 0.717) is 5.56 Å². The van der Waals surface area contributed by atoms with Crippen LogP contribution < -0.4 is 0 Å². The molecule has 1 N–H and O–H groups in total. The first kappa shape index (κ1) is 14.5. The van der Waals surface area contributed by atoms with E-state index in [2.05, 4.69) is 0 Å². The minimum atomic E-state index is -1.13. The van der Waals surface area contributed by atoms with Crippen LogP contribution in [0.3, 0.4) is 0 Å². The maximum Gasteiger partial charge on any atom is 0.145 e. The molecule has 1 nitrogen and oxygen atoms in total. The number of fused-ring (bicyclic) bond motifs is 1. The number of rotatable bonds is 3. The van der Waals surface area contributed by atoms with Crippen molar-refractivity contribution in [3.8, 4) is 0 Å². The lowest BCUT2D eigenvalue weighted by atomic mass is 9.94. The molecule has 108 valence electrons. The van der Waals surface area contributed by atoms with Gasteiger partial charge in [0.2, 0.25) is 0 Å². The molecule has 3 rings (SSSR count). The van der Waals surface area contributed by atoms with Crippen LogP contribution in [-0.4, -0.2) is 5.11 Å². The molecule has 0 bridgehead atoms. The largest absolute Gasteiger partial charge is 0.384 e. The van der Waals surface area contributed by atoms with E-state index in [1.54, 1.807) is 19.1 Å². The predicted octanol–water partition coefficient (Wildman–Crippen LogP) is 5.14. The Morgan fingerprint density at radius 3 is 2.71 bits per heavy atom. The van der Waals surface area contributed by atoms with Gasteiger partial charge in [-0.2, -0.15) is 0 Å². The molecule has 2 aromatic carbocycles. The summed E-state index contributed by atoms with van der Waals surface area (Å²) in [5.41, 5.74) is -0.708. The molecule has 0 radical (unpaired) electrons. The molecular formula is C17H14ClFOS. The van der Waals surface area contributed by atoms with Crippen LogP contribution >= 0.6 is 22.9 Å². The fraction of sp³-hybridized carbons (Fsp3) is 0.176. The molecular weight excluding hydrogens is 307 g/mol. The van der Waals surface area contributed by atoms with Crippen molar-refractivity contribution in [2.24, 2.45) is 0 Å². The quantitative estimate of drug-likeness (QED) is 0.708. The van der Waals surface area contributed by atoms with Gasteiger partial charge in [0, 0.05) is 16.0 Å². The van der Waals surface area contributed by atoms with Gasteiger partial charge in [-0.3, -0.25) is 0 Å². The van der Waals surface area contributed by atoms with Gasteiger partial charge in [-0.15, -0.1) is 11.3 Å². The van der Waals surface area contributed by atoms with Gasteiger partial charge in [-0.25, -0.2) is 4.39 Å². The van der Waals surface area contributed by atoms with E-state index in [-0.39, 0.29) is 11.4 Å². The minimum absolute atomic E-state index is 0.0830. The number of hydrogen-bond donors (Lipinski definition) is 1. The van der Waals surface area contributed by atoms with Crippen LogP contribution in [-0.2, 0) is 12.0 Å². The zero-order chi connectivity index (χ0) is 15.0. The fourth-order valence-corrected chi connectivity index (χ4v) is 3.69. The third-order valence-electron chi connectivity index (χ3n) is 3.52. The molecule has 0 spiro atoms. The second-order valence-corrected chi connectivity index (χ2v) is 6.80. The summed E-state index contributed by atoms with van der Waals surface area (Å²) >= 11 is 7.33. The number of halogens is 2. The second-order valence-electron chi connectivity index (χ2n) is 5.31. The Balaban J connectivity index is 1.97. The van der Waals surface area contributed by atoms with Crippen molar-refractivity contribution in [1.82, 2.24) is 0 Å². The van der Waals surface area contributed by atoms with Gasteiger partial charge in [-0.1, -0.05) is 41.9 Å². The molecule has 0 amide bonds. The maximum atomic E-state index is 14.0. The number of hydrogen-bond acceptors (Lipinski definition) is 2. The second kappa shape index (κ2) is 5.41. The van der Waals surface area contributed by atoms with Crippen LogP contribution in [0.4, 0.5) is 4.39 Å². The van der Waals surface area contributed by atoms with Gasteiger partial charge in [0.1, 0.15) is 11.4 Å². The Bertz CT molecular complexity index is 761. The van der Waals surface area contributed by atoms with Crippen molar-refractivity contribution in [3.05, 3.63) is 69.8 Å². The van der Waals surface area contributed by atoms with Gasteiger partial charge in [0.25, 0.3) is 0 Å². The third kappa shape index (κ3) is 2.82. The maximum absolute atomic E-state index is 14.0. The Morgan fingerprint density at radius 1 is 1.19 bits per heavy atom. The Kier molecular flexibility index (Phi) is 3.74. The molecule has 0 saturated carbocycles. The van der Waals surface area contributed by atoms with E-state index in [4.69, 9.17) is 11.6 Å². The first-order valence-corrected chi connectivity index (χ1v) is 7.81. The molecule has 0 saturated heterocycles. The SMILES string of the molecule is CC(O)(Cc1cccc(Cl)c1F)c1cc2ccccc2s1. The number of thiophene rings is 1. The molecule has 0 aliphatic heterocycles. The first-order valence-electron chi connectivity index (χ1n) is 6.62. The lowest BCUT2D eigenvalue weighted by Crippen LogP contribution is -2.23. The summed E-state index contributed by atoms with van der Waals surface area (Å²) in [5.74, 6) is -0.458. The predicted molar refractivity (Wildman–Crippen MR) is 86.5 cm³/mol. The average molecular weight is 321 g/mol. The highest BCUT2D eigenvalue weighted by molar-refractivity contribution is 7.19. The summed E-state index contributed by atoms with van der Waals surface area (Å²) in [7, 11) is 0.